The molecular formula is C16H11N7OS. The topological polar surface area (TPSA) is 101 Å². The predicted octanol–water partition coefficient (Wildman–Crippen LogP) is 2.17. The van der Waals surface area contributed by atoms with Crippen molar-refractivity contribution in [2.75, 3.05) is 5.32 Å². The minimum atomic E-state index is -0.196. The van der Waals surface area contributed by atoms with Gasteiger partial charge in [0.1, 0.15) is 5.03 Å². The number of anilines is 2. The van der Waals surface area contributed by atoms with Crippen LogP contribution in [0.15, 0.2) is 58.0 Å². The molecule has 122 valence electrons. The summed E-state index contributed by atoms with van der Waals surface area (Å²) >= 11 is 1.58. The normalized spacial score (nSPS) is 12.5. The highest BCUT2D eigenvalue weighted by Gasteiger charge is 2.18. The van der Waals surface area contributed by atoms with Gasteiger partial charge in [0.05, 0.1) is 18.3 Å². The molecule has 0 atom stereocenters. The summed E-state index contributed by atoms with van der Waals surface area (Å²) in [7, 11) is 0. The van der Waals surface area contributed by atoms with Crippen molar-refractivity contribution in [3.63, 3.8) is 0 Å². The number of aromatic amines is 1. The molecule has 0 aliphatic carbocycles. The zero-order chi connectivity index (χ0) is 16.8. The lowest BCUT2D eigenvalue weighted by Gasteiger charge is -2.19. The van der Waals surface area contributed by atoms with E-state index in [0.717, 1.165) is 27.0 Å². The number of fused-ring (bicyclic) bond motifs is 3. The number of H-pyrrole nitrogens is 1. The monoisotopic (exact) mass is 349 g/mol. The average Bonchev–Trinajstić information content (AvgIpc) is 3.04. The molecule has 4 heterocycles. The molecule has 0 saturated heterocycles. The number of imidazole rings is 1. The molecule has 25 heavy (non-hydrogen) atoms. The van der Waals surface area contributed by atoms with E-state index in [2.05, 4.69) is 36.3 Å². The molecule has 0 radical (unpaired) electrons. The molecule has 0 fully saturated rings. The maximum absolute atomic E-state index is 12.0. The molecule has 0 spiro atoms. The summed E-state index contributed by atoms with van der Waals surface area (Å²) in [5.74, 6) is 0.755. The summed E-state index contributed by atoms with van der Waals surface area (Å²) in [6, 6.07) is 6.13. The van der Waals surface area contributed by atoms with E-state index in [-0.39, 0.29) is 5.56 Å². The molecule has 0 saturated carbocycles. The summed E-state index contributed by atoms with van der Waals surface area (Å²) in [6.07, 6.45) is 6.34. The molecule has 4 aromatic rings. The van der Waals surface area contributed by atoms with Gasteiger partial charge in [-0.05, 0) is 17.7 Å². The first-order valence-corrected chi connectivity index (χ1v) is 8.37. The number of hydrogen-bond acceptors (Lipinski definition) is 7. The van der Waals surface area contributed by atoms with Gasteiger partial charge in [0.2, 0.25) is 0 Å². The van der Waals surface area contributed by atoms with E-state index in [1.165, 1.54) is 6.33 Å². The molecule has 1 aromatic carbocycles. The highest BCUT2D eigenvalue weighted by molar-refractivity contribution is 7.99. The SMILES string of the molecule is O=c1[nH]cnc2ncn(Cc3ccc4c(c3)Nc3nccnc3S4)c12. The average molecular weight is 349 g/mol. The first-order valence-electron chi connectivity index (χ1n) is 7.55. The Bertz CT molecular complexity index is 1170. The van der Waals surface area contributed by atoms with Crippen molar-refractivity contribution in [2.45, 2.75) is 16.5 Å². The first kappa shape index (κ1) is 14.2. The predicted molar refractivity (Wildman–Crippen MR) is 93.1 cm³/mol. The summed E-state index contributed by atoms with van der Waals surface area (Å²) in [6.45, 7) is 0.526. The van der Waals surface area contributed by atoms with E-state index in [1.807, 2.05) is 12.1 Å². The second kappa shape index (κ2) is 5.42. The molecule has 0 bridgehead atoms. The maximum Gasteiger partial charge on any atom is 0.276 e. The van der Waals surface area contributed by atoms with Crippen LogP contribution in [0.1, 0.15) is 5.56 Å². The van der Waals surface area contributed by atoms with Crippen LogP contribution >= 0.6 is 11.8 Å². The van der Waals surface area contributed by atoms with E-state index in [9.17, 15) is 4.79 Å². The van der Waals surface area contributed by atoms with Gasteiger partial charge in [-0.15, -0.1) is 0 Å². The third-order valence-electron chi connectivity index (χ3n) is 3.94. The van der Waals surface area contributed by atoms with Gasteiger partial charge in [-0.3, -0.25) is 4.79 Å². The van der Waals surface area contributed by atoms with Gasteiger partial charge in [0.15, 0.2) is 17.0 Å². The van der Waals surface area contributed by atoms with Gasteiger partial charge >= 0.3 is 0 Å². The second-order valence-corrected chi connectivity index (χ2v) is 6.57. The largest absolute Gasteiger partial charge is 0.337 e. The molecule has 1 aliphatic rings. The van der Waals surface area contributed by atoms with E-state index in [1.54, 1.807) is 35.0 Å². The summed E-state index contributed by atoms with van der Waals surface area (Å²) in [5.41, 5.74) is 2.74. The number of aromatic nitrogens is 6. The van der Waals surface area contributed by atoms with Crippen LogP contribution in [0.2, 0.25) is 0 Å². The Morgan fingerprint density at radius 3 is 3.00 bits per heavy atom. The second-order valence-electron chi connectivity index (χ2n) is 5.54. The smallest absolute Gasteiger partial charge is 0.276 e. The van der Waals surface area contributed by atoms with Crippen molar-refractivity contribution < 1.29 is 0 Å². The Morgan fingerprint density at radius 1 is 1.12 bits per heavy atom. The molecule has 9 heteroatoms. The van der Waals surface area contributed by atoms with E-state index in [4.69, 9.17) is 0 Å². The minimum Gasteiger partial charge on any atom is -0.337 e. The third kappa shape index (κ3) is 2.36. The van der Waals surface area contributed by atoms with Crippen LogP contribution in [0, 0.1) is 0 Å². The van der Waals surface area contributed by atoms with Crippen LogP contribution in [0.3, 0.4) is 0 Å². The van der Waals surface area contributed by atoms with Gasteiger partial charge in [0, 0.05) is 23.8 Å². The number of benzene rings is 1. The van der Waals surface area contributed by atoms with Gasteiger partial charge in [0.25, 0.3) is 5.56 Å². The minimum absolute atomic E-state index is 0.196. The van der Waals surface area contributed by atoms with Crippen molar-refractivity contribution in [3.8, 4) is 0 Å². The van der Waals surface area contributed by atoms with Crippen LogP contribution < -0.4 is 10.9 Å². The van der Waals surface area contributed by atoms with Gasteiger partial charge in [-0.1, -0.05) is 17.8 Å². The van der Waals surface area contributed by atoms with Crippen molar-refractivity contribution in [1.82, 2.24) is 29.5 Å². The molecule has 1 aliphatic heterocycles. The Balaban J connectivity index is 1.51. The van der Waals surface area contributed by atoms with Crippen LogP contribution in [-0.4, -0.2) is 29.5 Å². The fourth-order valence-electron chi connectivity index (χ4n) is 2.81. The zero-order valence-electron chi connectivity index (χ0n) is 12.8. The van der Waals surface area contributed by atoms with E-state index < -0.39 is 0 Å². The van der Waals surface area contributed by atoms with Crippen LogP contribution in [0.4, 0.5) is 11.5 Å². The molecule has 0 unspecified atom stereocenters. The van der Waals surface area contributed by atoms with Crippen LogP contribution in [-0.2, 0) is 6.54 Å². The summed E-state index contributed by atoms with van der Waals surface area (Å²) in [5, 5.41) is 4.17. The van der Waals surface area contributed by atoms with E-state index in [0.29, 0.717) is 17.7 Å². The Morgan fingerprint density at radius 2 is 2.04 bits per heavy atom. The molecule has 0 amide bonds. The highest BCUT2D eigenvalue weighted by atomic mass is 32.2. The van der Waals surface area contributed by atoms with Crippen molar-refractivity contribution in [1.29, 1.82) is 0 Å². The summed E-state index contributed by atoms with van der Waals surface area (Å²) < 4.78 is 1.80. The number of hydrogen-bond donors (Lipinski definition) is 2. The quantitative estimate of drug-likeness (QED) is 0.503. The zero-order valence-corrected chi connectivity index (χ0v) is 13.6. The van der Waals surface area contributed by atoms with Crippen molar-refractivity contribution in [3.05, 3.63) is 59.2 Å². The van der Waals surface area contributed by atoms with Crippen LogP contribution in [0.25, 0.3) is 11.2 Å². The van der Waals surface area contributed by atoms with Crippen molar-refractivity contribution in [2.24, 2.45) is 0 Å². The van der Waals surface area contributed by atoms with Gasteiger partial charge < -0.3 is 14.9 Å². The molecule has 2 N–H and O–H groups in total. The van der Waals surface area contributed by atoms with Crippen molar-refractivity contribution >= 4 is 34.4 Å². The fraction of sp³-hybridized carbons (Fsp3) is 0.0625. The molecule has 5 rings (SSSR count). The molecular weight excluding hydrogens is 338 g/mol. The lowest BCUT2D eigenvalue weighted by molar-refractivity contribution is 0.818. The standard InChI is InChI=1S/C16H11N7OS/c24-15-12-13(19-7-20-15)21-8-23(12)6-9-1-2-11-10(5-9)22-14-16(25-11)18-4-3-17-14/h1-5,7-8H,6H2,(H,17,22)(H,19,20,24). The first-order chi connectivity index (χ1) is 12.3. The Hall–Kier alpha value is -3.20. The number of rotatable bonds is 2. The fourth-order valence-corrected chi connectivity index (χ4v) is 3.69. The Kier molecular flexibility index (Phi) is 3.07. The third-order valence-corrected chi connectivity index (χ3v) is 5.01. The maximum atomic E-state index is 12.0. The Labute approximate surface area is 145 Å². The van der Waals surface area contributed by atoms with E-state index >= 15 is 0 Å². The number of nitrogens with zero attached hydrogens (tertiary/aromatic N) is 5. The highest BCUT2D eigenvalue weighted by Crippen LogP contribution is 2.42. The number of nitrogens with one attached hydrogen (secondary N) is 2. The van der Waals surface area contributed by atoms with Crippen LogP contribution in [0.5, 0.6) is 0 Å². The lowest BCUT2D eigenvalue weighted by Crippen LogP contribution is -2.12. The molecule has 8 nitrogen and oxygen atoms in total. The van der Waals surface area contributed by atoms with Gasteiger partial charge in [-0.25, -0.2) is 19.9 Å². The lowest BCUT2D eigenvalue weighted by atomic mass is 10.2. The summed E-state index contributed by atoms with van der Waals surface area (Å²) in [4.78, 5) is 32.6. The molecule has 3 aromatic heterocycles. The van der Waals surface area contributed by atoms with Gasteiger partial charge in [-0.2, -0.15) is 0 Å².